The Kier molecular flexibility index (Phi) is 6.33. The number of aliphatic hydroxyl groups is 1. The maximum atomic E-state index is 10.5. The van der Waals surface area contributed by atoms with Crippen molar-refractivity contribution in [2.45, 2.75) is 19.1 Å². The Morgan fingerprint density at radius 3 is 2.84 bits per heavy atom. The Morgan fingerprint density at radius 1 is 1.28 bits per heavy atom. The van der Waals surface area contributed by atoms with Gasteiger partial charge in [0, 0.05) is 38.9 Å². The fourth-order valence-electron chi connectivity index (χ4n) is 3.17. The Morgan fingerprint density at radius 2 is 2.12 bits per heavy atom. The molecule has 1 N–H and O–H groups in total. The molecule has 25 heavy (non-hydrogen) atoms. The van der Waals surface area contributed by atoms with Crippen LogP contribution >= 0.6 is 0 Å². The maximum absolute atomic E-state index is 10.5. The minimum Gasteiger partial charge on any atom is -0.387 e. The molecule has 2 atom stereocenters. The van der Waals surface area contributed by atoms with E-state index in [0.29, 0.717) is 13.2 Å². The van der Waals surface area contributed by atoms with E-state index in [0.717, 1.165) is 37.6 Å². The fourth-order valence-corrected chi connectivity index (χ4v) is 3.17. The number of hydrogen-bond acceptors (Lipinski definition) is 6. The van der Waals surface area contributed by atoms with E-state index in [1.165, 1.54) is 0 Å². The van der Waals surface area contributed by atoms with Crippen LogP contribution in [0.5, 0.6) is 0 Å². The number of benzene rings is 1. The van der Waals surface area contributed by atoms with E-state index in [1.807, 2.05) is 42.5 Å². The van der Waals surface area contributed by atoms with Gasteiger partial charge in [-0.1, -0.05) is 30.3 Å². The molecule has 134 valence electrons. The number of aromatic nitrogens is 2. The zero-order valence-electron chi connectivity index (χ0n) is 14.7. The highest BCUT2D eigenvalue weighted by molar-refractivity contribution is 5.36. The first-order valence-corrected chi connectivity index (χ1v) is 8.86. The summed E-state index contributed by atoms with van der Waals surface area (Å²) >= 11 is 0. The predicted molar refractivity (Wildman–Crippen MR) is 97.5 cm³/mol. The number of morpholine rings is 1. The van der Waals surface area contributed by atoms with Crippen LogP contribution < -0.4 is 4.90 Å². The standard InChI is InChI=1S/C19H26N4O2/c1-2-23(19-9-6-10-20-21-19)14-17-13-22(11-12-25-17)15-18(24)16-7-4-3-5-8-16/h3-10,17-18,24H,2,11-15H2,1H3/t17-,18+/m0/s1. The van der Waals surface area contributed by atoms with Crippen LogP contribution in [0.25, 0.3) is 0 Å². The van der Waals surface area contributed by atoms with Gasteiger partial charge in [0.15, 0.2) is 5.82 Å². The Bertz CT molecular complexity index is 626. The summed E-state index contributed by atoms with van der Waals surface area (Å²) in [7, 11) is 0. The third-order valence-electron chi connectivity index (χ3n) is 4.53. The van der Waals surface area contributed by atoms with Crippen LogP contribution in [0.1, 0.15) is 18.6 Å². The zero-order chi connectivity index (χ0) is 17.5. The summed E-state index contributed by atoms with van der Waals surface area (Å²) in [6.07, 6.45) is 1.31. The number of anilines is 1. The van der Waals surface area contributed by atoms with E-state index in [9.17, 15) is 5.11 Å². The summed E-state index contributed by atoms with van der Waals surface area (Å²) in [6, 6.07) is 13.7. The molecule has 1 fully saturated rings. The lowest BCUT2D eigenvalue weighted by atomic mass is 10.1. The monoisotopic (exact) mass is 342 g/mol. The van der Waals surface area contributed by atoms with Gasteiger partial charge in [-0.25, -0.2) is 0 Å². The molecule has 3 rings (SSSR count). The number of nitrogens with zero attached hydrogens (tertiary/aromatic N) is 4. The molecule has 0 radical (unpaired) electrons. The van der Waals surface area contributed by atoms with E-state index in [2.05, 4.69) is 26.9 Å². The van der Waals surface area contributed by atoms with Crippen LogP contribution in [0.4, 0.5) is 5.82 Å². The van der Waals surface area contributed by atoms with Crippen molar-refractivity contribution in [3.8, 4) is 0 Å². The number of likely N-dealkylation sites (N-methyl/N-ethyl adjacent to an activating group) is 1. The van der Waals surface area contributed by atoms with E-state index < -0.39 is 6.10 Å². The molecule has 6 nitrogen and oxygen atoms in total. The van der Waals surface area contributed by atoms with Gasteiger partial charge in [0.2, 0.25) is 0 Å². The van der Waals surface area contributed by atoms with Gasteiger partial charge < -0.3 is 14.7 Å². The lowest BCUT2D eigenvalue weighted by Gasteiger charge is -2.36. The quantitative estimate of drug-likeness (QED) is 0.827. The average molecular weight is 342 g/mol. The Labute approximate surface area is 149 Å². The molecule has 2 heterocycles. The first-order chi connectivity index (χ1) is 12.3. The molecule has 1 aromatic carbocycles. The molecule has 0 spiro atoms. The smallest absolute Gasteiger partial charge is 0.151 e. The van der Waals surface area contributed by atoms with Crippen LogP contribution in [0, 0.1) is 0 Å². The number of rotatable bonds is 7. The molecule has 6 heteroatoms. The van der Waals surface area contributed by atoms with Crippen molar-refractivity contribution in [3.63, 3.8) is 0 Å². The molecule has 1 aromatic heterocycles. The molecular weight excluding hydrogens is 316 g/mol. The van der Waals surface area contributed by atoms with Crippen LogP contribution in [-0.4, -0.2) is 65.6 Å². The maximum Gasteiger partial charge on any atom is 0.151 e. The highest BCUT2D eigenvalue weighted by Gasteiger charge is 2.24. The predicted octanol–water partition coefficient (Wildman–Crippen LogP) is 1.74. The Balaban J connectivity index is 1.55. The SMILES string of the molecule is CCN(C[C@@H]1CN(C[C@@H](O)c2ccccc2)CCO1)c1cccnn1. The molecule has 2 aromatic rings. The minimum absolute atomic E-state index is 0.0960. The highest BCUT2D eigenvalue weighted by atomic mass is 16.5. The third-order valence-corrected chi connectivity index (χ3v) is 4.53. The van der Waals surface area contributed by atoms with E-state index in [4.69, 9.17) is 4.74 Å². The molecule has 0 bridgehead atoms. The molecule has 0 aliphatic carbocycles. The average Bonchev–Trinajstić information content (AvgIpc) is 2.68. The van der Waals surface area contributed by atoms with Crippen molar-refractivity contribution in [2.75, 3.05) is 44.2 Å². The molecular formula is C19H26N4O2. The normalized spacial score (nSPS) is 19.5. The van der Waals surface area contributed by atoms with Gasteiger partial charge in [0.25, 0.3) is 0 Å². The molecule has 0 unspecified atom stereocenters. The first-order valence-electron chi connectivity index (χ1n) is 8.86. The van der Waals surface area contributed by atoms with Crippen molar-refractivity contribution in [1.29, 1.82) is 0 Å². The molecule has 1 aliphatic rings. The van der Waals surface area contributed by atoms with Crippen molar-refractivity contribution >= 4 is 5.82 Å². The second-order valence-electron chi connectivity index (χ2n) is 6.30. The van der Waals surface area contributed by atoms with Gasteiger partial charge in [0.05, 0.1) is 18.8 Å². The van der Waals surface area contributed by atoms with Crippen LogP contribution in [0.3, 0.4) is 0 Å². The number of β-amino-alcohol motifs (C(OH)–C–C–N with tert-alkyl or cyclic N) is 1. The summed E-state index contributed by atoms with van der Waals surface area (Å²) in [5.74, 6) is 0.870. The molecule has 1 saturated heterocycles. The molecule has 0 saturated carbocycles. The lowest BCUT2D eigenvalue weighted by Crippen LogP contribution is -2.48. The van der Waals surface area contributed by atoms with Crippen LogP contribution in [-0.2, 0) is 4.74 Å². The number of aliphatic hydroxyl groups excluding tert-OH is 1. The van der Waals surface area contributed by atoms with E-state index in [1.54, 1.807) is 6.20 Å². The van der Waals surface area contributed by atoms with Crippen LogP contribution in [0.2, 0.25) is 0 Å². The fraction of sp³-hybridized carbons (Fsp3) is 0.474. The number of ether oxygens (including phenoxy) is 1. The molecule has 0 amide bonds. The van der Waals surface area contributed by atoms with Crippen molar-refractivity contribution in [1.82, 2.24) is 15.1 Å². The largest absolute Gasteiger partial charge is 0.387 e. The zero-order valence-corrected chi connectivity index (χ0v) is 14.7. The van der Waals surface area contributed by atoms with Crippen molar-refractivity contribution in [2.24, 2.45) is 0 Å². The van der Waals surface area contributed by atoms with Gasteiger partial charge >= 0.3 is 0 Å². The highest BCUT2D eigenvalue weighted by Crippen LogP contribution is 2.17. The minimum atomic E-state index is -0.470. The summed E-state index contributed by atoms with van der Waals surface area (Å²) < 4.78 is 5.94. The first kappa shape index (κ1) is 17.8. The second-order valence-corrected chi connectivity index (χ2v) is 6.30. The third kappa shape index (κ3) is 4.98. The van der Waals surface area contributed by atoms with Gasteiger partial charge in [-0.15, -0.1) is 5.10 Å². The number of hydrogen-bond donors (Lipinski definition) is 1. The summed E-state index contributed by atoms with van der Waals surface area (Å²) in [5.41, 5.74) is 0.959. The Hall–Kier alpha value is -2.02. The lowest BCUT2D eigenvalue weighted by molar-refractivity contribution is -0.0368. The summed E-state index contributed by atoms with van der Waals surface area (Å²) in [6.45, 7) is 6.69. The summed E-state index contributed by atoms with van der Waals surface area (Å²) in [5, 5.41) is 18.6. The van der Waals surface area contributed by atoms with Crippen LogP contribution in [0.15, 0.2) is 48.7 Å². The topological polar surface area (TPSA) is 61.7 Å². The van der Waals surface area contributed by atoms with Crippen molar-refractivity contribution < 1.29 is 9.84 Å². The van der Waals surface area contributed by atoms with Crippen molar-refractivity contribution in [3.05, 3.63) is 54.2 Å². The summed E-state index contributed by atoms with van der Waals surface area (Å²) in [4.78, 5) is 4.45. The van der Waals surface area contributed by atoms with E-state index >= 15 is 0 Å². The molecule has 1 aliphatic heterocycles. The van der Waals surface area contributed by atoms with Gasteiger partial charge in [0.1, 0.15) is 0 Å². The second kappa shape index (κ2) is 8.89. The van der Waals surface area contributed by atoms with Gasteiger partial charge in [-0.3, -0.25) is 4.90 Å². The van der Waals surface area contributed by atoms with Gasteiger partial charge in [-0.2, -0.15) is 5.10 Å². The van der Waals surface area contributed by atoms with Gasteiger partial charge in [-0.05, 0) is 24.6 Å². The van der Waals surface area contributed by atoms with E-state index in [-0.39, 0.29) is 6.10 Å².